The molecule has 10 aromatic rings. The summed E-state index contributed by atoms with van der Waals surface area (Å²) in [4.78, 5) is 10.6. The zero-order chi connectivity index (χ0) is 36.8. The van der Waals surface area contributed by atoms with Gasteiger partial charge in [0.05, 0.1) is 16.8 Å². The van der Waals surface area contributed by atoms with Crippen molar-refractivity contribution in [3.05, 3.63) is 216 Å². The van der Waals surface area contributed by atoms with Crippen LogP contribution in [0.1, 0.15) is 22.3 Å². The van der Waals surface area contributed by atoms with Crippen molar-refractivity contribution in [2.45, 2.75) is 5.41 Å². The summed E-state index contributed by atoms with van der Waals surface area (Å²) in [5.74, 6) is 0.667. The number of fused-ring (bicyclic) bond motifs is 15. The highest BCUT2D eigenvalue weighted by Gasteiger charge is 2.49. The fraction of sp³-hybridized carbons (Fsp3) is 0.0189. The maximum atomic E-state index is 6.31. The summed E-state index contributed by atoms with van der Waals surface area (Å²) in [6, 6.07) is 69.8. The first kappa shape index (κ1) is 31.0. The highest BCUT2D eigenvalue weighted by molar-refractivity contribution is 6.12. The van der Waals surface area contributed by atoms with Crippen molar-refractivity contribution in [1.29, 1.82) is 0 Å². The van der Waals surface area contributed by atoms with Crippen LogP contribution in [0.3, 0.4) is 0 Å². The predicted molar refractivity (Wildman–Crippen MR) is 227 cm³/mol. The van der Waals surface area contributed by atoms with Gasteiger partial charge >= 0.3 is 0 Å². The molecule has 0 unspecified atom stereocenters. The molecule has 0 aliphatic heterocycles. The largest absolute Gasteiger partial charge is 0.456 e. The van der Waals surface area contributed by atoms with Crippen molar-refractivity contribution in [3.63, 3.8) is 0 Å². The van der Waals surface area contributed by atoms with Gasteiger partial charge < -0.3 is 4.42 Å². The van der Waals surface area contributed by atoms with Crippen LogP contribution < -0.4 is 0 Å². The number of hydrogen-bond donors (Lipinski definition) is 0. The third-order valence-corrected chi connectivity index (χ3v) is 11.9. The summed E-state index contributed by atoms with van der Waals surface area (Å²) >= 11 is 0. The first-order valence-corrected chi connectivity index (χ1v) is 19.2. The number of benzene rings is 8. The Labute approximate surface area is 324 Å². The van der Waals surface area contributed by atoms with Crippen molar-refractivity contribution >= 4 is 21.9 Å². The highest BCUT2D eigenvalue weighted by atomic mass is 16.3. The molecule has 0 atom stereocenters. The molecule has 8 aromatic carbocycles. The summed E-state index contributed by atoms with van der Waals surface area (Å²) in [6.45, 7) is 0. The van der Waals surface area contributed by atoms with E-state index >= 15 is 0 Å². The molecular formula is C53H32N2O. The van der Waals surface area contributed by atoms with E-state index in [1.165, 1.54) is 55.6 Å². The molecule has 3 nitrogen and oxygen atoms in total. The smallest absolute Gasteiger partial charge is 0.161 e. The van der Waals surface area contributed by atoms with E-state index in [2.05, 4.69) is 164 Å². The van der Waals surface area contributed by atoms with Crippen molar-refractivity contribution in [3.8, 4) is 67.3 Å². The lowest BCUT2D eigenvalue weighted by Gasteiger charge is -2.35. The van der Waals surface area contributed by atoms with E-state index in [4.69, 9.17) is 14.4 Å². The second-order valence-electron chi connectivity index (χ2n) is 14.8. The molecule has 2 heterocycles. The van der Waals surface area contributed by atoms with Crippen LogP contribution in [-0.4, -0.2) is 9.97 Å². The maximum absolute atomic E-state index is 6.31. The first-order chi connectivity index (χ1) is 27.8. The van der Waals surface area contributed by atoms with Gasteiger partial charge in [0.15, 0.2) is 5.82 Å². The molecule has 1 spiro atoms. The number of rotatable bonds is 3. The molecular weight excluding hydrogens is 681 g/mol. The molecule has 0 bridgehead atoms. The zero-order valence-electron chi connectivity index (χ0n) is 30.3. The molecule has 2 aliphatic carbocycles. The molecule has 260 valence electrons. The van der Waals surface area contributed by atoms with Crippen molar-refractivity contribution < 1.29 is 4.42 Å². The average Bonchev–Trinajstić information content (AvgIpc) is 3.77. The van der Waals surface area contributed by atoms with Gasteiger partial charge in [0.25, 0.3) is 0 Å². The van der Waals surface area contributed by atoms with Crippen molar-refractivity contribution in [1.82, 2.24) is 9.97 Å². The van der Waals surface area contributed by atoms with E-state index in [0.717, 1.165) is 50.0 Å². The van der Waals surface area contributed by atoms with E-state index in [0.29, 0.717) is 5.82 Å². The Morgan fingerprint density at radius 2 is 0.839 bits per heavy atom. The average molecular weight is 713 g/mol. The lowest BCUT2D eigenvalue weighted by Crippen LogP contribution is -2.29. The van der Waals surface area contributed by atoms with Gasteiger partial charge in [-0.2, -0.15) is 0 Å². The third-order valence-electron chi connectivity index (χ3n) is 11.9. The second kappa shape index (κ2) is 11.8. The van der Waals surface area contributed by atoms with Crippen LogP contribution in [0.4, 0.5) is 0 Å². The molecule has 12 rings (SSSR count). The SMILES string of the molecule is c1ccc(-c2cc(-c3ccc4c(c3)-c3ccccc3C43c4ccccc4-c4ccccc4-c4ccccc43)nc(-c3cccc4oc5ccccc5c34)n2)cc1. The minimum atomic E-state index is -0.527. The molecule has 56 heavy (non-hydrogen) atoms. The quantitative estimate of drug-likeness (QED) is 0.183. The van der Waals surface area contributed by atoms with E-state index in [1.807, 2.05) is 30.3 Å². The third kappa shape index (κ3) is 4.28. The fourth-order valence-corrected chi connectivity index (χ4v) is 9.65. The van der Waals surface area contributed by atoms with Crippen LogP contribution in [0.25, 0.3) is 89.2 Å². The number of nitrogens with zero attached hydrogens (tertiary/aromatic N) is 2. The summed E-state index contributed by atoms with van der Waals surface area (Å²) < 4.78 is 6.31. The summed E-state index contributed by atoms with van der Waals surface area (Å²) in [5.41, 5.74) is 18.6. The first-order valence-electron chi connectivity index (χ1n) is 19.2. The summed E-state index contributed by atoms with van der Waals surface area (Å²) in [7, 11) is 0. The van der Waals surface area contributed by atoms with Crippen LogP contribution in [0, 0.1) is 0 Å². The molecule has 0 saturated carbocycles. The topological polar surface area (TPSA) is 38.9 Å². The van der Waals surface area contributed by atoms with Gasteiger partial charge in [0, 0.05) is 27.5 Å². The lowest BCUT2D eigenvalue weighted by atomic mass is 9.66. The minimum absolute atomic E-state index is 0.527. The summed E-state index contributed by atoms with van der Waals surface area (Å²) in [5, 5.41) is 2.08. The van der Waals surface area contributed by atoms with Gasteiger partial charge in [0.2, 0.25) is 0 Å². The van der Waals surface area contributed by atoms with Crippen molar-refractivity contribution in [2.75, 3.05) is 0 Å². The minimum Gasteiger partial charge on any atom is -0.456 e. The van der Waals surface area contributed by atoms with Gasteiger partial charge in [-0.1, -0.05) is 170 Å². The Morgan fingerprint density at radius 1 is 0.339 bits per heavy atom. The Morgan fingerprint density at radius 3 is 1.52 bits per heavy atom. The Bertz CT molecular complexity index is 3140. The lowest BCUT2D eigenvalue weighted by molar-refractivity contribution is 0.669. The normalized spacial score (nSPS) is 13.1. The number of aromatic nitrogens is 2. The second-order valence-corrected chi connectivity index (χ2v) is 14.8. The van der Waals surface area contributed by atoms with Crippen LogP contribution >= 0.6 is 0 Å². The molecule has 0 N–H and O–H groups in total. The van der Waals surface area contributed by atoms with Crippen LogP contribution in [0.2, 0.25) is 0 Å². The van der Waals surface area contributed by atoms with Crippen LogP contribution in [0.15, 0.2) is 199 Å². The number of furan rings is 1. The number of hydrogen-bond acceptors (Lipinski definition) is 3. The standard InChI is InChI=1S/C53H32N2O/c1-2-15-33(16-3-1)47-32-48(55-52(54-47)41-23-14-28-50-51(41)40-22-9-13-27-49(40)56-50)34-29-30-46-42(31-34)39-21-8-12-26-45(39)53(46)43-24-10-6-19-37(43)35-17-4-5-18-36(35)38-20-7-11-25-44(38)53/h1-32H. The zero-order valence-corrected chi connectivity index (χ0v) is 30.3. The van der Waals surface area contributed by atoms with Crippen LogP contribution in [0.5, 0.6) is 0 Å². The van der Waals surface area contributed by atoms with Gasteiger partial charge in [-0.3, -0.25) is 0 Å². The number of para-hydroxylation sites is 1. The molecule has 0 amide bonds. The summed E-state index contributed by atoms with van der Waals surface area (Å²) in [6.07, 6.45) is 0. The Hall–Kier alpha value is -7.36. The highest BCUT2D eigenvalue weighted by Crippen LogP contribution is 2.61. The fourth-order valence-electron chi connectivity index (χ4n) is 9.65. The van der Waals surface area contributed by atoms with Gasteiger partial charge in [-0.05, 0) is 79.9 Å². The van der Waals surface area contributed by atoms with E-state index in [9.17, 15) is 0 Å². The van der Waals surface area contributed by atoms with Crippen molar-refractivity contribution in [2.24, 2.45) is 0 Å². The van der Waals surface area contributed by atoms with Gasteiger partial charge in [-0.25, -0.2) is 9.97 Å². The van der Waals surface area contributed by atoms with Crippen LogP contribution in [-0.2, 0) is 5.41 Å². The van der Waals surface area contributed by atoms with Gasteiger partial charge in [-0.15, -0.1) is 0 Å². The molecule has 3 heteroatoms. The van der Waals surface area contributed by atoms with E-state index < -0.39 is 5.41 Å². The molecule has 0 radical (unpaired) electrons. The maximum Gasteiger partial charge on any atom is 0.161 e. The van der Waals surface area contributed by atoms with Gasteiger partial charge in [0.1, 0.15) is 11.2 Å². The van der Waals surface area contributed by atoms with E-state index in [-0.39, 0.29) is 0 Å². The molecule has 2 aromatic heterocycles. The Kier molecular flexibility index (Phi) is 6.55. The monoisotopic (exact) mass is 712 g/mol. The van der Waals surface area contributed by atoms with E-state index in [1.54, 1.807) is 0 Å². The molecule has 0 fully saturated rings. The predicted octanol–water partition coefficient (Wildman–Crippen LogP) is 13.4. The molecule has 2 aliphatic rings. The molecule has 0 saturated heterocycles. The Balaban J connectivity index is 1.13.